The van der Waals surface area contributed by atoms with Crippen LogP contribution in [0, 0.1) is 6.92 Å². The Balaban J connectivity index is 1.73. The Labute approximate surface area is 107 Å². The van der Waals surface area contributed by atoms with Gasteiger partial charge in [-0.1, -0.05) is 23.8 Å². The van der Waals surface area contributed by atoms with Gasteiger partial charge in [-0.2, -0.15) is 5.10 Å². The monoisotopic (exact) mass is 242 g/mol. The van der Waals surface area contributed by atoms with Crippen molar-refractivity contribution < 1.29 is 0 Å². The normalized spacial score (nSPS) is 18.0. The third kappa shape index (κ3) is 2.04. The second-order valence-corrected chi connectivity index (χ2v) is 4.97. The Kier molecular flexibility index (Phi) is 2.88. The molecule has 18 heavy (non-hydrogen) atoms. The maximum Gasteiger partial charge on any atom is 0.140 e. The van der Waals surface area contributed by atoms with Gasteiger partial charge in [-0.25, -0.2) is 4.98 Å². The average molecular weight is 242 g/mol. The average Bonchev–Trinajstić information content (AvgIpc) is 2.93. The van der Waals surface area contributed by atoms with Crippen LogP contribution in [-0.2, 0) is 20.0 Å². The van der Waals surface area contributed by atoms with Gasteiger partial charge in [0.05, 0.1) is 6.54 Å². The fourth-order valence-electron chi connectivity index (χ4n) is 2.63. The lowest BCUT2D eigenvalue weighted by Gasteiger charge is -2.14. The van der Waals surface area contributed by atoms with Gasteiger partial charge >= 0.3 is 0 Å². The van der Waals surface area contributed by atoms with Crippen LogP contribution in [0.25, 0.3) is 0 Å². The van der Waals surface area contributed by atoms with Crippen LogP contribution < -0.4 is 5.32 Å². The number of fused-ring (bicyclic) bond motifs is 1. The lowest BCUT2D eigenvalue weighted by Crippen LogP contribution is -2.21. The number of benzene rings is 1. The van der Waals surface area contributed by atoms with E-state index in [9.17, 15) is 0 Å². The fourth-order valence-corrected chi connectivity index (χ4v) is 2.63. The zero-order valence-corrected chi connectivity index (χ0v) is 10.8. The van der Waals surface area contributed by atoms with E-state index < -0.39 is 0 Å². The number of rotatable bonds is 3. The lowest BCUT2D eigenvalue weighted by atomic mass is 10.1. The third-order valence-electron chi connectivity index (χ3n) is 3.69. The molecule has 1 aromatic heterocycles. The maximum absolute atomic E-state index is 4.24. The van der Waals surface area contributed by atoms with E-state index in [1.54, 1.807) is 6.33 Å². The lowest BCUT2D eigenvalue weighted by molar-refractivity contribution is 0.506. The van der Waals surface area contributed by atoms with Crippen molar-refractivity contribution in [1.29, 1.82) is 0 Å². The molecule has 1 aromatic carbocycles. The number of aromatic nitrogens is 3. The third-order valence-corrected chi connectivity index (χ3v) is 3.69. The van der Waals surface area contributed by atoms with Crippen LogP contribution >= 0.6 is 0 Å². The van der Waals surface area contributed by atoms with Crippen molar-refractivity contribution in [2.24, 2.45) is 7.05 Å². The van der Waals surface area contributed by atoms with Crippen molar-refractivity contribution in [3.63, 3.8) is 0 Å². The number of hydrogen-bond donors (Lipinski definition) is 1. The van der Waals surface area contributed by atoms with Crippen molar-refractivity contribution in [2.45, 2.75) is 32.4 Å². The first-order valence-corrected chi connectivity index (χ1v) is 6.40. The Bertz CT molecular complexity index is 559. The van der Waals surface area contributed by atoms with E-state index in [-0.39, 0.29) is 0 Å². The second-order valence-electron chi connectivity index (χ2n) is 4.97. The summed E-state index contributed by atoms with van der Waals surface area (Å²) < 4.78 is 1.82. The molecule has 0 radical (unpaired) electrons. The van der Waals surface area contributed by atoms with Crippen LogP contribution in [0.4, 0.5) is 0 Å². The minimum absolute atomic E-state index is 0.455. The van der Waals surface area contributed by atoms with Gasteiger partial charge in [-0.15, -0.1) is 0 Å². The molecule has 0 saturated carbocycles. The molecule has 1 aliphatic rings. The summed E-state index contributed by atoms with van der Waals surface area (Å²) >= 11 is 0. The second kappa shape index (κ2) is 4.53. The predicted molar refractivity (Wildman–Crippen MR) is 70.1 cm³/mol. The zero-order valence-electron chi connectivity index (χ0n) is 10.8. The molecule has 0 saturated heterocycles. The van der Waals surface area contributed by atoms with Gasteiger partial charge in [0.15, 0.2) is 0 Å². The molecule has 2 aromatic rings. The maximum atomic E-state index is 4.24. The Morgan fingerprint density at radius 3 is 3.11 bits per heavy atom. The van der Waals surface area contributed by atoms with E-state index in [4.69, 9.17) is 0 Å². The molecule has 1 N–H and O–H groups in total. The van der Waals surface area contributed by atoms with Gasteiger partial charge in [0, 0.05) is 13.1 Å². The van der Waals surface area contributed by atoms with E-state index in [0.717, 1.165) is 12.4 Å². The summed E-state index contributed by atoms with van der Waals surface area (Å²) in [7, 11) is 1.93. The summed E-state index contributed by atoms with van der Waals surface area (Å²) in [6.07, 6.45) is 3.95. The summed E-state index contributed by atoms with van der Waals surface area (Å²) in [6, 6.07) is 7.21. The Hall–Kier alpha value is -1.68. The highest BCUT2D eigenvalue weighted by Gasteiger charge is 2.22. The highest BCUT2D eigenvalue weighted by atomic mass is 15.3. The van der Waals surface area contributed by atoms with Gasteiger partial charge in [-0.05, 0) is 30.9 Å². The Morgan fingerprint density at radius 1 is 1.44 bits per heavy atom. The molecule has 1 atom stereocenters. The van der Waals surface area contributed by atoms with Gasteiger partial charge < -0.3 is 5.32 Å². The van der Waals surface area contributed by atoms with Crippen molar-refractivity contribution in [3.8, 4) is 0 Å². The summed E-state index contributed by atoms with van der Waals surface area (Å²) in [6.45, 7) is 2.92. The molecule has 4 nitrogen and oxygen atoms in total. The SMILES string of the molecule is Cc1ccc2c(c1)[C@@H](NCc1ncnn1C)CC2. The summed E-state index contributed by atoms with van der Waals surface area (Å²) in [4.78, 5) is 4.24. The molecule has 94 valence electrons. The van der Waals surface area contributed by atoms with E-state index in [1.165, 1.54) is 29.5 Å². The molecule has 3 rings (SSSR count). The summed E-state index contributed by atoms with van der Waals surface area (Å²) in [5, 5.41) is 7.67. The molecule has 0 bridgehead atoms. The van der Waals surface area contributed by atoms with Gasteiger partial charge in [0.2, 0.25) is 0 Å². The molecule has 0 aliphatic heterocycles. The highest BCUT2D eigenvalue weighted by Crippen LogP contribution is 2.31. The van der Waals surface area contributed by atoms with Crippen LogP contribution in [0.1, 0.15) is 35.0 Å². The van der Waals surface area contributed by atoms with E-state index in [0.29, 0.717) is 6.04 Å². The topological polar surface area (TPSA) is 42.7 Å². The van der Waals surface area contributed by atoms with Crippen molar-refractivity contribution in [2.75, 3.05) is 0 Å². The first-order valence-electron chi connectivity index (χ1n) is 6.40. The van der Waals surface area contributed by atoms with Gasteiger partial charge in [0.25, 0.3) is 0 Å². The first kappa shape index (κ1) is 11.4. The molecule has 0 fully saturated rings. The minimum Gasteiger partial charge on any atom is -0.303 e. The fraction of sp³-hybridized carbons (Fsp3) is 0.429. The smallest absolute Gasteiger partial charge is 0.140 e. The van der Waals surface area contributed by atoms with Crippen molar-refractivity contribution in [3.05, 3.63) is 47.0 Å². The van der Waals surface area contributed by atoms with Gasteiger partial charge in [0.1, 0.15) is 12.2 Å². The molecule has 0 spiro atoms. The molecule has 4 heteroatoms. The molecule has 1 heterocycles. The number of nitrogens with one attached hydrogen (secondary N) is 1. The molecule has 1 aliphatic carbocycles. The largest absolute Gasteiger partial charge is 0.303 e. The number of nitrogens with zero attached hydrogens (tertiary/aromatic N) is 3. The van der Waals surface area contributed by atoms with E-state index >= 15 is 0 Å². The number of hydrogen-bond acceptors (Lipinski definition) is 3. The highest BCUT2D eigenvalue weighted by molar-refractivity contribution is 5.37. The molecular formula is C14H18N4. The van der Waals surface area contributed by atoms with Crippen LogP contribution in [0.5, 0.6) is 0 Å². The summed E-state index contributed by atoms with van der Waals surface area (Å²) in [5.41, 5.74) is 4.27. The molecular weight excluding hydrogens is 224 g/mol. The molecule has 0 unspecified atom stereocenters. The quantitative estimate of drug-likeness (QED) is 0.894. The van der Waals surface area contributed by atoms with Crippen LogP contribution in [0.2, 0.25) is 0 Å². The summed E-state index contributed by atoms with van der Waals surface area (Å²) in [5.74, 6) is 0.983. The minimum atomic E-state index is 0.455. The van der Waals surface area contributed by atoms with E-state index in [2.05, 4.69) is 40.5 Å². The number of aryl methyl sites for hydroxylation is 3. The van der Waals surface area contributed by atoms with Crippen LogP contribution in [-0.4, -0.2) is 14.8 Å². The van der Waals surface area contributed by atoms with Crippen molar-refractivity contribution >= 4 is 0 Å². The standard InChI is InChI=1S/C14H18N4/c1-10-3-4-11-5-6-13(12(11)7-10)15-8-14-16-9-17-18(14)2/h3-4,7,9,13,15H,5-6,8H2,1-2H3/t13-/m0/s1. The zero-order chi connectivity index (χ0) is 12.5. The van der Waals surface area contributed by atoms with Crippen LogP contribution in [0.15, 0.2) is 24.5 Å². The van der Waals surface area contributed by atoms with Gasteiger partial charge in [-0.3, -0.25) is 4.68 Å². The van der Waals surface area contributed by atoms with Crippen molar-refractivity contribution in [1.82, 2.24) is 20.1 Å². The predicted octanol–water partition coefficient (Wildman–Crippen LogP) is 1.90. The molecule has 0 amide bonds. The Morgan fingerprint density at radius 2 is 2.33 bits per heavy atom. The first-order chi connectivity index (χ1) is 8.74. The van der Waals surface area contributed by atoms with E-state index in [1.807, 2.05) is 11.7 Å². The van der Waals surface area contributed by atoms with Crippen LogP contribution in [0.3, 0.4) is 0 Å².